The monoisotopic (exact) mass is 367 g/mol. The Bertz CT molecular complexity index is 772. The van der Waals surface area contributed by atoms with Crippen LogP contribution in [0.4, 0.5) is 0 Å². The Morgan fingerprint density at radius 2 is 1.78 bits per heavy atom. The number of H-pyrrole nitrogens is 1. The van der Waals surface area contributed by atoms with Crippen molar-refractivity contribution in [3.63, 3.8) is 0 Å². The molecule has 1 atom stereocenters. The van der Waals surface area contributed by atoms with E-state index in [1.165, 1.54) is 25.7 Å². The lowest BCUT2D eigenvalue weighted by Crippen LogP contribution is -2.47. The van der Waals surface area contributed by atoms with Crippen molar-refractivity contribution < 1.29 is 9.59 Å². The number of aromatic nitrogens is 1. The van der Waals surface area contributed by atoms with Crippen LogP contribution in [-0.4, -0.2) is 40.8 Å². The minimum absolute atomic E-state index is 0.00170. The SMILES string of the molecule is O=C(NC1CCCCCC1)C1CCCN(C(=O)c2cc3ccccc3[nH]2)C1. The van der Waals surface area contributed by atoms with Gasteiger partial charge in [-0.3, -0.25) is 9.59 Å². The van der Waals surface area contributed by atoms with Crippen LogP contribution in [0.5, 0.6) is 0 Å². The number of fused-ring (bicyclic) bond motifs is 1. The van der Waals surface area contributed by atoms with Crippen LogP contribution in [0.15, 0.2) is 30.3 Å². The zero-order valence-corrected chi connectivity index (χ0v) is 15.9. The Morgan fingerprint density at radius 1 is 1.00 bits per heavy atom. The number of rotatable bonds is 3. The largest absolute Gasteiger partial charge is 0.353 e. The summed E-state index contributed by atoms with van der Waals surface area (Å²) in [5, 5.41) is 4.31. The molecule has 2 amide bonds. The van der Waals surface area contributed by atoms with Gasteiger partial charge in [-0.15, -0.1) is 0 Å². The number of carbonyl (C=O) groups is 2. The molecule has 27 heavy (non-hydrogen) atoms. The van der Waals surface area contributed by atoms with Gasteiger partial charge in [-0.25, -0.2) is 0 Å². The van der Waals surface area contributed by atoms with Crippen molar-refractivity contribution in [2.75, 3.05) is 13.1 Å². The maximum atomic E-state index is 12.9. The van der Waals surface area contributed by atoms with E-state index in [1.54, 1.807) is 0 Å². The third-order valence-corrected chi connectivity index (χ3v) is 6.04. The lowest BCUT2D eigenvalue weighted by molar-refractivity contribution is -0.127. The molecule has 5 heteroatoms. The van der Waals surface area contributed by atoms with Crippen molar-refractivity contribution in [1.82, 2.24) is 15.2 Å². The molecular weight excluding hydrogens is 338 g/mol. The quantitative estimate of drug-likeness (QED) is 0.809. The molecule has 1 unspecified atom stereocenters. The van der Waals surface area contributed by atoms with E-state index >= 15 is 0 Å². The lowest BCUT2D eigenvalue weighted by atomic mass is 9.96. The molecule has 1 aromatic carbocycles. The van der Waals surface area contributed by atoms with E-state index in [1.807, 2.05) is 35.2 Å². The van der Waals surface area contributed by atoms with E-state index in [4.69, 9.17) is 0 Å². The predicted molar refractivity (Wildman–Crippen MR) is 107 cm³/mol. The molecular formula is C22H29N3O2. The Labute approximate surface area is 160 Å². The fraction of sp³-hybridized carbons (Fsp3) is 0.545. The third kappa shape index (κ3) is 4.18. The second-order valence-electron chi connectivity index (χ2n) is 8.06. The molecule has 1 saturated heterocycles. The summed E-state index contributed by atoms with van der Waals surface area (Å²) in [6, 6.07) is 10.1. The molecule has 4 rings (SSSR count). The normalized spacial score (nSPS) is 21.8. The smallest absolute Gasteiger partial charge is 0.270 e. The maximum Gasteiger partial charge on any atom is 0.270 e. The zero-order chi connectivity index (χ0) is 18.6. The van der Waals surface area contributed by atoms with Gasteiger partial charge < -0.3 is 15.2 Å². The van der Waals surface area contributed by atoms with Gasteiger partial charge in [0.15, 0.2) is 0 Å². The van der Waals surface area contributed by atoms with Gasteiger partial charge in [0.25, 0.3) is 5.91 Å². The molecule has 1 aromatic heterocycles. The van der Waals surface area contributed by atoms with E-state index in [2.05, 4.69) is 10.3 Å². The summed E-state index contributed by atoms with van der Waals surface area (Å²) in [4.78, 5) is 30.8. The summed E-state index contributed by atoms with van der Waals surface area (Å²) < 4.78 is 0. The molecule has 144 valence electrons. The summed E-state index contributed by atoms with van der Waals surface area (Å²) in [5.74, 6) is 0.0459. The first-order valence-electron chi connectivity index (χ1n) is 10.4. The minimum Gasteiger partial charge on any atom is -0.353 e. The fourth-order valence-corrected chi connectivity index (χ4v) is 4.48. The highest BCUT2D eigenvalue weighted by Crippen LogP contribution is 2.23. The molecule has 0 bridgehead atoms. The van der Waals surface area contributed by atoms with Gasteiger partial charge in [0, 0.05) is 30.0 Å². The number of hydrogen-bond acceptors (Lipinski definition) is 2. The summed E-state index contributed by atoms with van der Waals surface area (Å²) in [7, 11) is 0. The Kier molecular flexibility index (Phi) is 5.46. The molecule has 2 heterocycles. The summed E-state index contributed by atoms with van der Waals surface area (Å²) in [6.45, 7) is 1.24. The van der Waals surface area contributed by atoms with E-state index in [-0.39, 0.29) is 17.7 Å². The highest BCUT2D eigenvalue weighted by atomic mass is 16.2. The molecule has 2 aromatic rings. The van der Waals surface area contributed by atoms with Gasteiger partial charge in [-0.1, -0.05) is 43.9 Å². The molecule has 1 aliphatic heterocycles. The maximum absolute atomic E-state index is 12.9. The number of benzene rings is 1. The van der Waals surface area contributed by atoms with Crippen molar-refractivity contribution >= 4 is 22.7 Å². The van der Waals surface area contributed by atoms with E-state index in [0.29, 0.717) is 18.3 Å². The number of nitrogens with zero attached hydrogens (tertiary/aromatic N) is 1. The standard InChI is InChI=1S/C22H29N3O2/c26-21(23-18-10-3-1-2-4-11-18)17-9-7-13-25(15-17)22(27)20-14-16-8-5-6-12-19(16)24-20/h5-6,8,12,14,17-18,24H,1-4,7,9-11,13,15H2,(H,23,26). The second-order valence-corrected chi connectivity index (χ2v) is 8.06. The van der Waals surface area contributed by atoms with Gasteiger partial charge in [0.1, 0.15) is 5.69 Å². The first-order valence-corrected chi connectivity index (χ1v) is 10.4. The molecule has 1 aliphatic carbocycles. The highest BCUT2D eigenvalue weighted by Gasteiger charge is 2.30. The third-order valence-electron chi connectivity index (χ3n) is 6.04. The van der Waals surface area contributed by atoms with Crippen molar-refractivity contribution in [3.8, 4) is 0 Å². The van der Waals surface area contributed by atoms with Crippen LogP contribution in [0.1, 0.15) is 61.9 Å². The topological polar surface area (TPSA) is 65.2 Å². The molecule has 2 N–H and O–H groups in total. The van der Waals surface area contributed by atoms with Crippen LogP contribution in [0, 0.1) is 5.92 Å². The molecule has 5 nitrogen and oxygen atoms in total. The van der Waals surface area contributed by atoms with E-state index in [9.17, 15) is 9.59 Å². The van der Waals surface area contributed by atoms with Crippen LogP contribution in [0.2, 0.25) is 0 Å². The highest BCUT2D eigenvalue weighted by molar-refractivity contribution is 5.98. The van der Waals surface area contributed by atoms with Crippen LogP contribution in [-0.2, 0) is 4.79 Å². The van der Waals surface area contributed by atoms with Gasteiger partial charge in [0.05, 0.1) is 5.92 Å². The molecule has 1 saturated carbocycles. The number of para-hydroxylation sites is 1. The average Bonchev–Trinajstić information content (AvgIpc) is 2.97. The zero-order valence-electron chi connectivity index (χ0n) is 15.9. The second kappa shape index (κ2) is 8.15. The number of aromatic amines is 1. The molecule has 0 radical (unpaired) electrons. The first kappa shape index (κ1) is 18.1. The van der Waals surface area contributed by atoms with Gasteiger partial charge in [-0.2, -0.15) is 0 Å². The van der Waals surface area contributed by atoms with Crippen LogP contribution in [0.25, 0.3) is 10.9 Å². The van der Waals surface area contributed by atoms with Crippen LogP contribution in [0.3, 0.4) is 0 Å². The summed E-state index contributed by atoms with van der Waals surface area (Å²) >= 11 is 0. The Hall–Kier alpha value is -2.30. The predicted octanol–water partition coefficient (Wildman–Crippen LogP) is 3.86. The Morgan fingerprint density at radius 3 is 2.56 bits per heavy atom. The van der Waals surface area contributed by atoms with Gasteiger partial charge >= 0.3 is 0 Å². The number of nitrogens with one attached hydrogen (secondary N) is 2. The number of likely N-dealkylation sites (tertiary alicyclic amines) is 1. The number of piperidine rings is 1. The summed E-state index contributed by atoms with van der Waals surface area (Å²) in [6.07, 6.45) is 8.92. The van der Waals surface area contributed by atoms with Crippen molar-refractivity contribution in [2.24, 2.45) is 5.92 Å². The number of hydrogen-bond donors (Lipinski definition) is 2. The molecule has 2 fully saturated rings. The fourth-order valence-electron chi connectivity index (χ4n) is 4.48. The average molecular weight is 367 g/mol. The lowest BCUT2D eigenvalue weighted by Gasteiger charge is -2.32. The van der Waals surface area contributed by atoms with Crippen molar-refractivity contribution in [2.45, 2.75) is 57.4 Å². The van der Waals surface area contributed by atoms with E-state index in [0.717, 1.165) is 43.1 Å². The van der Waals surface area contributed by atoms with Crippen LogP contribution >= 0.6 is 0 Å². The van der Waals surface area contributed by atoms with Crippen molar-refractivity contribution in [1.29, 1.82) is 0 Å². The van der Waals surface area contributed by atoms with E-state index < -0.39 is 0 Å². The molecule has 2 aliphatic rings. The minimum atomic E-state index is -0.0877. The molecule has 0 spiro atoms. The number of carbonyl (C=O) groups excluding carboxylic acids is 2. The van der Waals surface area contributed by atoms with Crippen molar-refractivity contribution in [3.05, 3.63) is 36.0 Å². The number of amides is 2. The van der Waals surface area contributed by atoms with Gasteiger partial charge in [-0.05, 0) is 37.8 Å². The Balaban J connectivity index is 1.39. The summed E-state index contributed by atoms with van der Waals surface area (Å²) in [5.41, 5.74) is 1.58. The van der Waals surface area contributed by atoms with Gasteiger partial charge in [0.2, 0.25) is 5.91 Å². The van der Waals surface area contributed by atoms with Crippen LogP contribution < -0.4 is 5.32 Å². The first-order chi connectivity index (χ1) is 13.2.